The van der Waals surface area contributed by atoms with E-state index in [9.17, 15) is 16.4 Å². The number of nitrogens with zero attached hydrogens (tertiary/aromatic N) is 6. The van der Waals surface area contributed by atoms with Gasteiger partial charge >= 0.3 is 0 Å². The normalized spacial score (nSPS) is 23.1. The van der Waals surface area contributed by atoms with Gasteiger partial charge in [0.15, 0.2) is 0 Å². The van der Waals surface area contributed by atoms with Crippen molar-refractivity contribution in [2.75, 3.05) is 62.2 Å². The number of guanidine groups is 2. The maximum absolute atomic E-state index is 10.6. The van der Waals surface area contributed by atoms with Crippen LogP contribution < -0.4 is 9.80 Å². The zero-order valence-corrected chi connectivity index (χ0v) is 31.7. The SMILES string of the molecule is [2H]c1c([2H])c(N2CCCN3CCCN=C32)c([2H])c2c1-c1c([2H])c([2H])c(N3CCCN4CCCN=C43)c([2H])c1C21c2c([2H])c(C(C)(C)C)c([2H])c([2H])c2-c2c([2H])c([2H])c(C(C)(C)C)c([2H])c21. The van der Waals surface area contributed by atoms with Crippen LogP contribution in [0.1, 0.15) is 117 Å². The highest BCUT2D eigenvalue weighted by molar-refractivity contribution is 6.02. The molecule has 0 bridgehead atoms. The van der Waals surface area contributed by atoms with Crippen LogP contribution in [0.3, 0.4) is 0 Å². The van der Waals surface area contributed by atoms with Gasteiger partial charge in [-0.1, -0.05) is 89.9 Å². The lowest BCUT2D eigenvalue weighted by Crippen LogP contribution is -2.52. The monoisotopic (exact) mass is 715 g/mol. The quantitative estimate of drug-likeness (QED) is 0.179. The van der Waals surface area contributed by atoms with E-state index in [1.165, 1.54) is 0 Å². The summed E-state index contributed by atoms with van der Waals surface area (Å²) in [5, 5.41) is 0. The minimum atomic E-state index is -2.13. The summed E-state index contributed by atoms with van der Waals surface area (Å²) < 4.78 is 120. The van der Waals surface area contributed by atoms with Crippen molar-refractivity contribution in [3.8, 4) is 22.3 Å². The van der Waals surface area contributed by atoms with Crippen LogP contribution in [0.2, 0.25) is 0 Å². The predicted octanol–water partition coefficient (Wildman–Crippen LogP) is 9.17. The molecular weight excluding hydrogens is 649 g/mol. The zero-order valence-electron chi connectivity index (χ0n) is 43.7. The Morgan fingerprint density at radius 3 is 1.28 bits per heavy atom. The minimum absolute atomic E-state index is 0.0271. The summed E-state index contributed by atoms with van der Waals surface area (Å²) in [7, 11) is 0. The molecule has 10 rings (SSSR count). The lowest BCUT2D eigenvalue weighted by atomic mass is 9.68. The summed E-state index contributed by atoms with van der Waals surface area (Å²) in [4.78, 5) is 17.6. The first-order chi connectivity index (χ1) is 30.6. The smallest absolute Gasteiger partial charge is 0.201 e. The zero-order chi connectivity index (χ0) is 46.7. The first-order valence-electron chi connectivity index (χ1n) is 25.3. The molecule has 2 aliphatic carbocycles. The van der Waals surface area contributed by atoms with Crippen LogP contribution in [0.5, 0.6) is 0 Å². The van der Waals surface area contributed by atoms with Crippen molar-refractivity contribution in [2.24, 2.45) is 9.98 Å². The second kappa shape index (κ2) is 11.7. The Labute approximate surface area is 333 Å². The van der Waals surface area contributed by atoms with Gasteiger partial charge < -0.3 is 19.6 Å². The number of fused-ring (bicyclic) bond motifs is 12. The molecule has 6 heteroatoms. The maximum Gasteiger partial charge on any atom is 0.201 e. The third kappa shape index (κ3) is 4.89. The van der Waals surface area contributed by atoms with Gasteiger partial charge in [-0.25, -0.2) is 0 Å². The van der Waals surface area contributed by atoms with Crippen LogP contribution in [0.15, 0.2) is 82.5 Å². The summed E-state index contributed by atoms with van der Waals surface area (Å²) in [5.74, 6) is 1.15. The van der Waals surface area contributed by atoms with Gasteiger partial charge in [0.25, 0.3) is 0 Å². The van der Waals surface area contributed by atoms with E-state index >= 15 is 0 Å². The Kier molecular flexibility index (Phi) is 4.99. The van der Waals surface area contributed by atoms with E-state index in [1.54, 1.807) is 0 Å². The van der Waals surface area contributed by atoms with Crippen molar-refractivity contribution in [2.45, 2.75) is 83.5 Å². The Hall–Kier alpha value is -4.58. The molecule has 4 aliphatic heterocycles. The van der Waals surface area contributed by atoms with Crippen LogP contribution in [-0.4, -0.2) is 74.1 Å². The molecule has 4 heterocycles. The van der Waals surface area contributed by atoms with Crippen molar-refractivity contribution in [1.82, 2.24) is 9.80 Å². The lowest BCUT2D eigenvalue weighted by molar-refractivity contribution is 0.360. The van der Waals surface area contributed by atoms with Gasteiger partial charge in [-0.15, -0.1) is 0 Å². The average molecular weight is 715 g/mol. The maximum atomic E-state index is 10.6. The Bertz CT molecular complexity index is 2680. The van der Waals surface area contributed by atoms with Crippen LogP contribution >= 0.6 is 0 Å². The topological polar surface area (TPSA) is 37.7 Å². The Morgan fingerprint density at radius 1 is 0.491 bits per heavy atom. The van der Waals surface area contributed by atoms with Gasteiger partial charge in [0.05, 0.1) is 21.9 Å². The van der Waals surface area contributed by atoms with E-state index in [1.807, 2.05) is 51.3 Å². The molecule has 4 aromatic carbocycles. The van der Waals surface area contributed by atoms with Gasteiger partial charge in [-0.05, 0) is 116 Å². The summed E-state index contributed by atoms with van der Waals surface area (Å²) in [6, 6.07) is -3.36. The molecule has 0 N–H and O–H groups in total. The van der Waals surface area contributed by atoms with Gasteiger partial charge in [-0.2, -0.15) is 0 Å². The molecular formula is C47H54N6. The van der Waals surface area contributed by atoms with E-state index in [0.29, 0.717) is 50.9 Å². The average Bonchev–Trinajstić information content (AvgIpc) is 3.74. The van der Waals surface area contributed by atoms with Gasteiger partial charge in [-0.3, -0.25) is 9.98 Å². The van der Waals surface area contributed by atoms with Crippen LogP contribution in [0, 0.1) is 0 Å². The van der Waals surface area contributed by atoms with Crippen LogP contribution in [0.4, 0.5) is 11.4 Å². The molecule has 272 valence electrons. The fraction of sp³-hybridized carbons (Fsp3) is 0.447. The van der Waals surface area contributed by atoms with E-state index in [-0.39, 0.29) is 140 Å². The highest BCUT2D eigenvalue weighted by Gasteiger charge is 2.53. The molecule has 0 aromatic heterocycles. The molecule has 0 atom stereocenters. The van der Waals surface area contributed by atoms with Gasteiger partial charge in [0.2, 0.25) is 11.9 Å². The Morgan fingerprint density at radius 2 is 0.868 bits per heavy atom. The van der Waals surface area contributed by atoms with Crippen LogP contribution in [-0.2, 0) is 16.2 Å². The highest BCUT2D eigenvalue weighted by atomic mass is 15.4. The Balaban J connectivity index is 1.48. The fourth-order valence-corrected chi connectivity index (χ4v) is 8.93. The second-order valence-electron chi connectivity index (χ2n) is 17.3. The largest absolute Gasteiger partial charge is 0.342 e. The molecule has 1 spiro atoms. The van der Waals surface area contributed by atoms with E-state index in [0.717, 1.165) is 39.0 Å². The first-order valence-corrected chi connectivity index (χ1v) is 19.3. The van der Waals surface area contributed by atoms with Gasteiger partial charge in [0, 0.05) is 63.7 Å². The number of anilines is 2. The first kappa shape index (κ1) is 22.6. The van der Waals surface area contributed by atoms with Crippen molar-refractivity contribution >= 4 is 23.3 Å². The molecule has 6 nitrogen and oxygen atoms in total. The highest BCUT2D eigenvalue weighted by Crippen LogP contribution is 2.64. The molecule has 0 amide bonds. The number of rotatable bonds is 2. The van der Waals surface area contributed by atoms with Crippen LogP contribution in [0.25, 0.3) is 22.3 Å². The number of hydrogen-bond donors (Lipinski definition) is 0. The predicted molar refractivity (Wildman–Crippen MR) is 221 cm³/mol. The minimum Gasteiger partial charge on any atom is -0.342 e. The fourth-order valence-electron chi connectivity index (χ4n) is 8.93. The summed E-state index contributed by atoms with van der Waals surface area (Å²) >= 11 is 0. The third-order valence-electron chi connectivity index (χ3n) is 11.6. The molecule has 4 aromatic rings. The van der Waals surface area contributed by atoms with E-state index in [4.69, 9.17) is 9.98 Å². The molecule has 53 heavy (non-hydrogen) atoms. The number of aliphatic imine (C=N–C) groups is 2. The summed E-state index contributed by atoms with van der Waals surface area (Å²) in [6.45, 7) is 15.8. The van der Waals surface area contributed by atoms with E-state index in [2.05, 4.69) is 9.80 Å². The summed E-state index contributed by atoms with van der Waals surface area (Å²) in [6.07, 6.45) is 3.02. The van der Waals surface area contributed by atoms with Crippen molar-refractivity contribution in [1.29, 1.82) is 0 Å². The molecule has 0 radical (unpaired) electrons. The number of hydrogen-bond acceptors (Lipinski definition) is 6. The molecule has 0 unspecified atom stereocenters. The molecule has 2 fully saturated rings. The van der Waals surface area contributed by atoms with Crippen molar-refractivity contribution in [3.05, 3.63) is 106 Å². The molecule has 0 saturated carbocycles. The van der Waals surface area contributed by atoms with Crippen molar-refractivity contribution < 1.29 is 16.4 Å². The second-order valence-corrected chi connectivity index (χ2v) is 17.3. The van der Waals surface area contributed by atoms with Gasteiger partial charge in [0.1, 0.15) is 0 Å². The number of benzene rings is 4. The van der Waals surface area contributed by atoms with E-state index < -0.39 is 16.2 Å². The lowest BCUT2D eigenvalue weighted by Gasteiger charge is -2.42. The standard InChI is InChI=1S/C47H54N6/c1-45(2,3)31-11-15-35-36-16-12-32(46(4,5)6)28-40(36)47(39(35)27-31)41-29-33(52-25-9-23-50-21-7-19-48-43(50)52)13-17-37(41)38-18-14-34(30-42(38)47)53-26-10-24-51-22-8-20-49-44(51)53/h11-18,27-30H,7-10,19-26H2,1-6H3/i11D,12D,13D,14D,15D,16D,17D,18D,27D,28D,29D,30D. The molecule has 2 saturated heterocycles. The summed E-state index contributed by atoms with van der Waals surface area (Å²) in [5.41, 5.74) is -3.38. The molecule has 6 aliphatic rings. The van der Waals surface area contributed by atoms with Crippen molar-refractivity contribution in [3.63, 3.8) is 0 Å². The third-order valence-corrected chi connectivity index (χ3v) is 11.6.